The van der Waals surface area contributed by atoms with Gasteiger partial charge in [0.05, 0.1) is 25.7 Å². The summed E-state index contributed by atoms with van der Waals surface area (Å²) in [5.41, 5.74) is 1.57. The topological polar surface area (TPSA) is 79.8 Å². The van der Waals surface area contributed by atoms with Gasteiger partial charge in [-0.05, 0) is 36.4 Å². The Hall–Kier alpha value is -2.55. The first kappa shape index (κ1) is 16.9. The van der Waals surface area contributed by atoms with Crippen molar-refractivity contribution in [2.45, 2.75) is 0 Å². The summed E-state index contributed by atoms with van der Waals surface area (Å²) in [6.07, 6.45) is 1.68. The van der Waals surface area contributed by atoms with Crippen LogP contribution < -0.4 is 10.6 Å². The molecule has 0 aliphatic heterocycles. The van der Waals surface area contributed by atoms with E-state index in [1.54, 1.807) is 25.4 Å². The molecular formula is C17H12ClN5OS2. The molecule has 0 atom stereocenters. The van der Waals surface area contributed by atoms with E-state index in [0.29, 0.717) is 21.0 Å². The van der Waals surface area contributed by atoms with Gasteiger partial charge < -0.3 is 5.32 Å². The third kappa shape index (κ3) is 3.39. The van der Waals surface area contributed by atoms with Gasteiger partial charge in [0.2, 0.25) is 5.95 Å². The van der Waals surface area contributed by atoms with E-state index in [-0.39, 0.29) is 5.91 Å². The molecule has 0 radical (unpaired) electrons. The fourth-order valence-corrected chi connectivity index (χ4v) is 4.33. The number of benzene rings is 1. The molecule has 3 aromatic heterocycles. The number of nitrogens with one attached hydrogen (secondary N) is 2. The molecule has 2 N–H and O–H groups in total. The average Bonchev–Trinajstić information content (AvgIpc) is 3.28. The molecule has 1 aromatic carbocycles. The van der Waals surface area contributed by atoms with Gasteiger partial charge in [-0.15, -0.1) is 11.3 Å². The van der Waals surface area contributed by atoms with E-state index >= 15 is 0 Å². The van der Waals surface area contributed by atoms with E-state index in [0.717, 1.165) is 20.8 Å². The molecule has 0 saturated heterocycles. The number of amides is 1. The van der Waals surface area contributed by atoms with Crippen molar-refractivity contribution < 1.29 is 4.79 Å². The van der Waals surface area contributed by atoms with Gasteiger partial charge in [0, 0.05) is 18.3 Å². The van der Waals surface area contributed by atoms with Crippen LogP contribution in [-0.2, 0) is 0 Å². The summed E-state index contributed by atoms with van der Waals surface area (Å²) in [4.78, 5) is 26.9. The van der Waals surface area contributed by atoms with E-state index in [2.05, 4.69) is 25.6 Å². The van der Waals surface area contributed by atoms with Crippen LogP contribution in [0.25, 0.3) is 20.8 Å². The maximum absolute atomic E-state index is 12.5. The van der Waals surface area contributed by atoms with Gasteiger partial charge in [0.25, 0.3) is 5.91 Å². The third-order valence-electron chi connectivity index (χ3n) is 3.53. The van der Waals surface area contributed by atoms with Crippen molar-refractivity contribution in [1.29, 1.82) is 0 Å². The molecule has 0 aliphatic rings. The van der Waals surface area contributed by atoms with E-state index in [4.69, 9.17) is 11.6 Å². The second-order valence-corrected chi connectivity index (χ2v) is 7.82. The lowest BCUT2D eigenvalue weighted by molar-refractivity contribution is 0.103. The Balaban J connectivity index is 1.55. The van der Waals surface area contributed by atoms with Crippen molar-refractivity contribution in [3.05, 3.63) is 52.5 Å². The molecule has 0 saturated carbocycles. The van der Waals surface area contributed by atoms with Crippen LogP contribution in [0.5, 0.6) is 0 Å². The molecule has 130 valence electrons. The Morgan fingerprint density at radius 3 is 2.85 bits per heavy atom. The summed E-state index contributed by atoms with van der Waals surface area (Å²) < 4.78 is 0.931. The van der Waals surface area contributed by atoms with Crippen LogP contribution in [0.15, 0.2) is 42.6 Å². The first-order valence-electron chi connectivity index (χ1n) is 7.61. The predicted octanol–water partition coefficient (Wildman–Crippen LogP) is 4.76. The first-order chi connectivity index (χ1) is 12.6. The van der Waals surface area contributed by atoms with Crippen LogP contribution in [0.1, 0.15) is 9.67 Å². The van der Waals surface area contributed by atoms with Crippen LogP contribution >= 0.6 is 34.3 Å². The summed E-state index contributed by atoms with van der Waals surface area (Å²) >= 11 is 8.75. The number of carbonyl (C=O) groups is 1. The lowest BCUT2D eigenvalue weighted by Crippen LogP contribution is -2.09. The van der Waals surface area contributed by atoms with Crippen LogP contribution in [-0.4, -0.2) is 27.9 Å². The summed E-state index contributed by atoms with van der Waals surface area (Å²) in [6, 6.07) is 10.9. The minimum atomic E-state index is -0.200. The third-order valence-corrected chi connectivity index (χ3v) is 5.81. The maximum Gasteiger partial charge on any atom is 0.267 e. The zero-order valence-corrected chi connectivity index (χ0v) is 15.9. The highest BCUT2D eigenvalue weighted by Gasteiger charge is 2.14. The van der Waals surface area contributed by atoms with Gasteiger partial charge in [0.1, 0.15) is 0 Å². The minimum Gasteiger partial charge on any atom is -0.357 e. The number of anilines is 2. The molecule has 0 spiro atoms. The van der Waals surface area contributed by atoms with Crippen molar-refractivity contribution in [2.75, 3.05) is 17.7 Å². The molecule has 4 rings (SSSR count). The Bertz CT molecular complexity index is 1110. The number of fused-ring (bicyclic) bond motifs is 1. The van der Waals surface area contributed by atoms with Crippen molar-refractivity contribution in [3.63, 3.8) is 0 Å². The number of halogens is 1. The monoisotopic (exact) mass is 401 g/mol. The molecule has 0 fully saturated rings. The van der Waals surface area contributed by atoms with E-state index in [9.17, 15) is 4.79 Å². The van der Waals surface area contributed by atoms with Crippen LogP contribution in [0.2, 0.25) is 5.02 Å². The Kier molecular flexibility index (Phi) is 4.54. The van der Waals surface area contributed by atoms with Crippen molar-refractivity contribution >= 4 is 61.5 Å². The van der Waals surface area contributed by atoms with Crippen LogP contribution in [0.4, 0.5) is 11.1 Å². The first-order valence-corrected chi connectivity index (χ1v) is 9.62. The molecule has 0 unspecified atom stereocenters. The number of aromatic nitrogens is 3. The van der Waals surface area contributed by atoms with Gasteiger partial charge in [-0.2, -0.15) is 0 Å². The SMILES string of the molecule is CNc1nccc(-c2ccc(C(=O)Nc3nc4ccc(Cl)cc4s3)s2)n1. The standard InChI is InChI=1S/C17H12ClN5OS2/c1-19-16-20-7-6-11(21-16)12-4-5-13(25-12)15(24)23-17-22-10-3-2-9(18)8-14(10)26-17/h2-8H,1H3,(H,19,20,21)(H,22,23,24). The lowest BCUT2D eigenvalue weighted by Gasteiger charge is -2.00. The molecule has 3 heterocycles. The Morgan fingerprint density at radius 2 is 2.00 bits per heavy atom. The van der Waals surface area contributed by atoms with Gasteiger partial charge in [-0.3, -0.25) is 10.1 Å². The zero-order chi connectivity index (χ0) is 18.1. The van der Waals surface area contributed by atoms with Gasteiger partial charge in [-0.1, -0.05) is 22.9 Å². The summed E-state index contributed by atoms with van der Waals surface area (Å²) in [7, 11) is 1.76. The molecule has 1 amide bonds. The maximum atomic E-state index is 12.5. The fourth-order valence-electron chi connectivity index (χ4n) is 2.32. The number of rotatable bonds is 4. The summed E-state index contributed by atoms with van der Waals surface area (Å²) in [5.74, 6) is 0.337. The zero-order valence-electron chi connectivity index (χ0n) is 13.5. The highest BCUT2D eigenvalue weighted by Crippen LogP contribution is 2.30. The number of hydrogen-bond acceptors (Lipinski definition) is 7. The molecule has 9 heteroatoms. The smallest absolute Gasteiger partial charge is 0.267 e. The van der Waals surface area contributed by atoms with E-state index in [1.807, 2.05) is 24.3 Å². The van der Waals surface area contributed by atoms with Crippen LogP contribution in [0, 0.1) is 0 Å². The summed E-state index contributed by atoms with van der Waals surface area (Å²) in [5, 5.41) is 6.94. The predicted molar refractivity (Wildman–Crippen MR) is 107 cm³/mol. The minimum absolute atomic E-state index is 0.200. The van der Waals surface area contributed by atoms with Crippen molar-refractivity contribution in [3.8, 4) is 10.6 Å². The fraction of sp³-hybridized carbons (Fsp3) is 0.0588. The van der Waals surface area contributed by atoms with Gasteiger partial charge in [-0.25, -0.2) is 15.0 Å². The number of thiazole rings is 1. The molecule has 0 aliphatic carbocycles. The highest BCUT2D eigenvalue weighted by atomic mass is 35.5. The quantitative estimate of drug-likeness (QED) is 0.515. The van der Waals surface area contributed by atoms with Crippen molar-refractivity contribution in [1.82, 2.24) is 15.0 Å². The summed E-state index contributed by atoms with van der Waals surface area (Å²) in [6.45, 7) is 0. The Morgan fingerprint density at radius 1 is 1.12 bits per heavy atom. The second kappa shape index (κ2) is 6.99. The number of thiophene rings is 1. The largest absolute Gasteiger partial charge is 0.357 e. The molecular weight excluding hydrogens is 390 g/mol. The average molecular weight is 402 g/mol. The van der Waals surface area contributed by atoms with Crippen molar-refractivity contribution in [2.24, 2.45) is 0 Å². The normalized spacial score (nSPS) is 10.8. The van der Waals surface area contributed by atoms with E-state index in [1.165, 1.54) is 22.7 Å². The molecule has 4 aromatic rings. The lowest BCUT2D eigenvalue weighted by atomic mass is 10.3. The van der Waals surface area contributed by atoms with Gasteiger partial charge in [0.15, 0.2) is 5.13 Å². The number of nitrogens with zero attached hydrogens (tertiary/aromatic N) is 3. The molecule has 6 nitrogen and oxygen atoms in total. The van der Waals surface area contributed by atoms with Gasteiger partial charge >= 0.3 is 0 Å². The highest BCUT2D eigenvalue weighted by molar-refractivity contribution is 7.22. The second-order valence-electron chi connectivity index (χ2n) is 5.26. The molecule has 0 bridgehead atoms. The number of carbonyl (C=O) groups excluding carboxylic acids is 1. The van der Waals surface area contributed by atoms with Crippen LogP contribution in [0.3, 0.4) is 0 Å². The number of hydrogen-bond donors (Lipinski definition) is 2. The van der Waals surface area contributed by atoms with E-state index < -0.39 is 0 Å². The Labute approximate surface area is 161 Å². The molecule has 26 heavy (non-hydrogen) atoms.